The fourth-order valence-electron chi connectivity index (χ4n) is 2.19. The molecule has 108 valence electrons. The standard InChI is InChI=1S/C16H27ClN2/c1-5-6-16(11-18-13(2)3)19(4)12-14-7-9-15(17)10-8-14/h7-10,13,16,18H,5-6,11-12H2,1-4H3. The summed E-state index contributed by atoms with van der Waals surface area (Å²) in [6, 6.07) is 9.28. The van der Waals surface area contributed by atoms with Gasteiger partial charge in [-0.2, -0.15) is 0 Å². The van der Waals surface area contributed by atoms with Gasteiger partial charge < -0.3 is 5.32 Å². The van der Waals surface area contributed by atoms with Gasteiger partial charge in [0.2, 0.25) is 0 Å². The SMILES string of the molecule is CCCC(CNC(C)C)N(C)Cc1ccc(Cl)cc1. The molecule has 0 saturated carbocycles. The first-order valence-corrected chi connectivity index (χ1v) is 7.58. The van der Waals surface area contributed by atoms with Crippen LogP contribution in [-0.2, 0) is 6.54 Å². The lowest BCUT2D eigenvalue weighted by Gasteiger charge is -2.29. The van der Waals surface area contributed by atoms with Crippen molar-refractivity contribution in [1.82, 2.24) is 10.2 Å². The van der Waals surface area contributed by atoms with Gasteiger partial charge in [0, 0.05) is 30.2 Å². The first kappa shape index (κ1) is 16.5. The minimum atomic E-state index is 0.545. The largest absolute Gasteiger partial charge is 0.313 e. The predicted octanol–water partition coefficient (Wildman–Crippen LogP) is 3.94. The molecule has 2 nitrogen and oxygen atoms in total. The van der Waals surface area contributed by atoms with Crippen LogP contribution < -0.4 is 5.32 Å². The third-order valence-electron chi connectivity index (χ3n) is 3.35. The van der Waals surface area contributed by atoms with Crippen LogP contribution >= 0.6 is 11.6 Å². The summed E-state index contributed by atoms with van der Waals surface area (Å²) in [5.41, 5.74) is 1.32. The van der Waals surface area contributed by atoms with Gasteiger partial charge in [0.15, 0.2) is 0 Å². The van der Waals surface area contributed by atoms with Crippen molar-refractivity contribution in [2.75, 3.05) is 13.6 Å². The molecule has 0 aromatic heterocycles. The molecular formula is C16H27ClN2. The Bertz CT molecular complexity index is 348. The smallest absolute Gasteiger partial charge is 0.0406 e. The molecule has 3 heteroatoms. The molecule has 0 bridgehead atoms. The summed E-state index contributed by atoms with van der Waals surface area (Å²) in [7, 11) is 2.21. The molecule has 0 spiro atoms. The van der Waals surface area contributed by atoms with Crippen molar-refractivity contribution in [3.05, 3.63) is 34.9 Å². The zero-order valence-electron chi connectivity index (χ0n) is 12.6. The average Bonchev–Trinajstić information content (AvgIpc) is 2.37. The zero-order valence-corrected chi connectivity index (χ0v) is 13.4. The highest BCUT2D eigenvalue weighted by Gasteiger charge is 2.14. The van der Waals surface area contributed by atoms with Gasteiger partial charge in [-0.3, -0.25) is 4.90 Å². The van der Waals surface area contributed by atoms with E-state index in [0.717, 1.165) is 18.1 Å². The molecule has 0 saturated heterocycles. The van der Waals surface area contributed by atoms with Crippen molar-refractivity contribution < 1.29 is 0 Å². The molecule has 0 aliphatic carbocycles. The Labute approximate surface area is 123 Å². The van der Waals surface area contributed by atoms with E-state index in [2.05, 4.69) is 50.2 Å². The molecular weight excluding hydrogens is 256 g/mol. The van der Waals surface area contributed by atoms with Gasteiger partial charge in [-0.1, -0.05) is 50.9 Å². The van der Waals surface area contributed by atoms with Crippen molar-refractivity contribution in [3.63, 3.8) is 0 Å². The van der Waals surface area contributed by atoms with Crippen LogP contribution in [0.15, 0.2) is 24.3 Å². The van der Waals surface area contributed by atoms with Gasteiger partial charge in [-0.15, -0.1) is 0 Å². The summed E-state index contributed by atoms with van der Waals surface area (Å²) in [6.45, 7) is 8.67. The average molecular weight is 283 g/mol. The lowest BCUT2D eigenvalue weighted by Crippen LogP contribution is -2.41. The van der Waals surface area contributed by atoms with Crippen LogP contribution in [0.4, 0.5) is 0 Å². The number of halogens is 1. The minimum Gasteiger partial charge on any atom is -0.313 e. The number of hydrogen-bond acceptors (Lipinski definition) is 2. The van der Waals surface area contributed by atoms with Gasteiger partial charge in [0.25, 0.3) is 0 Å². The third kappa shape index (κ3) is 6.42. The third-order valence-corrected chi connectivity index (χ3v) is 3.60. The van der Waals surface area contributed by atoms with Crippen molar-refractivity contribution in [2.45, 2.75) is 52.2 Å². The maximum atomic E-state index is 5.92. The van der Waals surface area contributed by atoms with E-state index in [1.807, 2.05) is 12.1 Å². The fraction of sp³-hybridized carbons (Fsp3) is 0.625. The van der Waals surface area contributed by atoms with Gasteiger partial charge in [-0.05, 0) is 31.2 Å². The molecule has 1 atom stereocenters. The van der Waals surface area contributed by atoms with Crippen molar-refractivity contribution in [2.24, 2.45) is 0 Å². The number of hydrogen-bond donors (Lipinski definition) is 1. The van der Waals surface area contributed by atoms with Crippen molar-refractivity contribution in [1.29, 1.82) is 0 Å². The highest BCUT2D eigenvalue weighted by atomic mass is 35.5. The Kier molecular flexibility index (Phi) is 7.44. The molecule has 0 heterocycles. The molecule has 1 unspecified atom stereocenters. The summed E-state index contributed by atoms with van der Waals surface area (Å²) in [5, 5.41) is 4.35. The summed E-state index contributed by atoms with van der Waals surface area (Å²) >= 11 is 5.92. The fourth-order valence-corrected chi connectivity index (χ4v) is 2.32. The molecule has 0 amide bonds. The van der Waals surface area contributed by atoms with Crippen molar-refractivity contribution in [3.8, 4) is 0 Å². The van der Waals surface area contributed by atoms with Gasteiger partial charge >= 0.3 is 0 Å². The topological polar surface area (TPSA) is 15.3 Å². The number of rotatable bonds is 8. The monoisotopic (exact) mass is 282 g/mol. The number of likely N-dealkylation sites (N-methyl/N-ethyl adjacent to an activating group) is 1. The van der Waals surface area contributed by atoms with Crippen LogP contribution in [0.25, 0.3) is 0 Å². The van der Waals surface area contributed by atoms with E-state index >= 15 is 0 Å². The van der Waals surface area contributed by atoms with Crippen LogP contribution in [0.3, 0.4) is 0 Å². The maximum absolute atomic E-state index is 5.92. The van der Waals surface area contributed by atoms with Crippen LogP contribution in [0, 0.1) is 0 Å². The minimum absolute atomic E-state index is 0.545. The lowest BCUT2D eigenvalue weighted by atomic mass is 10.1. The van der Waals surface area contributed by atoms with E-state index in [4.69, 9.17) is 11.6 Å². The van der Waals surface area contributed by atoms with Crippen molar-refractivity contribution >= 4 is 11.6 Å². The number of nitrogens with zero attached hydrogens (tertiary/aromatic N) is 1. The second-order valence-electron chi connectivity index (χ2n) is 5.55. The van der Waals surface area contributed by atoms with E-state index in [9.17, 15) is 0 Å². The summed E-state index contributed by atoms with van der Waals surface area (Å²) in [6.07, 6.45) is 2.44. The normalized spacial score (nSPS) is 13.2. The summed E-state index contributed by atoms with van der Waals surface area (Å²) in [5.74, 6) is 0. The quantitative estimate of drug-likeness (QED) is 0.777. The Hall–Kier alpha value is -0.570. The molecule has 0 fully saturated rings. The van der Waals surface area contributed by atoms with Crippen LogP contribution in [0.2, 0.25) is 5.02 Å². The van der Waals surface area contributed by atoms with E-state index in [1.54, 1.807) is 0 Å². The second-order valence-corrected chi connectivity index (χ2v) is 5.98. The van der Waals surface area contributed by atoms with Gasteiger partial charge in [0.05, 0.1) is 0 Å². The maximum Gasteiger partial charge on any atom is 0.0406 e. The van der Waals surface area contributed by atoms with E-state index < -0.39 is 0 Å². The van der Waals surface area contributed by atoms with Gasteiger partial charge in [0.1, 0.15) is 0 Å². The summed E-state index contributed by atoms with van der Waals surface area (Å²) < 4.78 is 0. The molecule has 1 aromatic carbocycles. The number of nitrogens with one attached hydrogen (secondary N) is 1. The predicted molar refractivity (Wildman–Crippen MR) is 84.8 cm³/mol. The first-order valence-electron chi connectivity index (χ1n) is 7.21. The number of benzene rings is 1. The van der Waals surface area contributed by atoms with Crippen LogP contribution in [0.1, 0.15) is 39.2 Å². The van der Waals surface area contributed by atoms with Gasteiger partial charge in [-0.25, -0.2) is 0 Å². The highest BCUT2D eigenvalue weighted by Crippen LogP contribution is 2.13. The van der Waals surface area contributed by atoms with Crippen LogP contribution in [-0.4, -0.2) is 30.6 Å². The Balaban J connectivity index is 2.55. The molecule has 1 rings (SSSR count). The van der Waals surface area contributed by atoms with E-state index in [0.29, 0.717) is 12.1 Å². The second kappa shape index (κ2) is 8.57. The molecule has 1 N–H and O–H groups in total. The Morgan fingerprint density at radius 2 is 1.84 bits per heavy atom. The van der Waals surface area contributed by atoms with Crippen LogP contribution in [0.5, 0.6) is 0 Å². The molecule has 19 heavy (non-hydrogen) atoms. The molecule has 0 radical (unpaired) electrons. The summed E-state index contributed by atoms with van der Waals surface area (Å²) in [4.78, 5) is 2.43. The Morgan fingerprint density at radius 3 is 2.37 bits per heavy atom. The molecule has 1 aromatic rings. The highest BCUT2D eigenvalue weighted by molar-refractivity contribution is 6.30. The lowest BCUT2D eigenvalue weighted by molar-refractivity contribution is 0.211. The zero-order chi connectivity index (χ0) is 14.3. The van der Waals surface area contributed by atoms with E-state index in [-0.39, 0.29) is 0 Å². The molecule has 0 aliphatic heterocycles. The van der Waals surface area contributed by atoms with E-state index in [1.165, 1.54) is 18.4 Å². The Morgan fingerprint density at radius 1 is 1.21 bits per heavy atom. The first-order chi connectivity index (χ1) is 9.02. The molecule has 0 aliphatic rings.